The van der Waals surface area contributed by atoms with E-state index in [0.29, 0.717) is 17.8 Å². The highest BCUT2D eigenvalue weighted by molar-refractivity contribution is 5.95. The van der Waals surface area contributed by atoms with Gasteiger partial charge in [-0.2, -0.15) is 5.10 Å². The summed E-state index contributed by atoms with van der Waals surface area (Å²) in [7, 11) is 1.55. The van der Waals surface area contributed by atoms with Crippen molar-refractivity contribution in [2.24, 2.45) is 24.8 Å². The summed E-state index contributed by atoms with van der Waals surface area (Å²) in [4.78, 5) is 12.5. The molecule has 1 fully saturated rings. The summed E-state index contributed by atoms with van der Waals surface area (Å²) in [6.45, 7) is 6.65. The first kappa shape index (κ1) is 18.9. The molecule has 0 bridgehead atoms. The van der Waals surface area contributed by atoms with Crippen molar-refractivity contribution in [2.45, 2.75) is 65.3 Å². The molecular weight excluding hydrogens is 312 g/mol. The molecular formula is C18H29F2N3O. The zero-order valence-corrected chi connectivity index (χ0v) is 15.1. The molecule has 1 saturated carbocycles. The number of rotatable bonds is 6. The molecule has 0 saturated heterocycles. The Labute approximate surface area is 143 Å². The largest absolute Gasteiger partial charge is 0.349 e. The Bertz CT molecular complexity index is 556. The van der Waals surface area contributed by atoms with E-state index in [4.69, 9.17) is 0 Å². The smallest absolute Gasteiger partial charge is 0.282 e. The SMILES string of the molecule is CC(C)CC(C)C1CCCCC1NC(=O)c1cn(C)nc1C(F)F. The first-order chi connectivity index (χ1) is 11.3. The van der Waals surface area contributed by atoms with Crippen LogP contribution in [0.3, 0.4) is 0 Å². The van der Waals surface area contributed by atoms with E-state index in [1.807, 2.05) is 0 Å². The summed E-state index contributed by atoms with van der Waals surface area (Å²) in [5, 5.41) is 6.75. The van der Waals surface area contributed by atoms with Gasteiger partial charge in [0.25, 0.3) is 12.3 Å². The Morgan fingerprint density at radius 2 is 2.00 bits per heavy atom. The molecule has 0 spiro atoms. The number of nitrogens with zero attached hydrogens (tertiary/aromatic N) is 2. The van der Waals surface area contributed by atoms with Crippen molar-refractivity contribution in [2.75, 3.05) is 0 Å². The van der Waals surface area contributed by atoms with E-state index in [2.05, 4.69) is 31.2 Å². The van der Waals surface area contributed by atoms with Gasteiger partial charge in [0.1, 0.15) is 5.69 Å². The van der Waals surface area contributed by atoms with E-state index >= 15 is 0 Å². The molecule has 1 aromatic heterocycles. The van der Waals surface area contributed by atoms with Crippen LogP contribution in [0, 0.1) is 17.8 Å². The highest BCUT2D eigenvalue weighted by Gasteiger charge is 2.32. The molecule has 1 amide bonds. The Kier molecular flexibility index (Phi) is 6.35. The highest BCUT2D eigenvalue weighted by Crippen LogP contribution is 2.34. The molecule has 4 nitrogen and oxygen atoms in total. The van der Waals surface area contributed by atoms with Crippen LogP contribution >= 0.6 is 0 Å². The van der Waals surface area contributed by atoms with Crippen LogP contribution < -0.4 is 5.32 Å². The van der Waals surface area contributed by atoms with Gasteiger partial charge in [0, 0.05) is 19.3 Å². The van der Waals surface area contributed by atoms with Gasteiger partial charge >= 0.3 is 0 Å². The molecule has 1 N–H and O–H groups in total. The van der Waals surface area contributed by atoms with Crippen LogP contribution in [-0.4, -0.2) is 21.7 Å². The number of aromatic nitrogens is 2. The molecule has 136 valence electrons. The number of halogens is 2. The van der Waals surface area contributed by atoms with Crippen molar-refractivity contribution in [3.8, 4) is 0 Å². The van der Waals surface area contributed by atoms with Crippen molar-refractivity contribution >= 4 is 5.91 Å². The summed E-state index contributed by atoms with van der Waals surface area (Å²) < 4.78 is 27.4. The number of carbonyl (C=O) groups is 1. The number of aryl methyl sites for hydroxylation is 1. The van der Waals surface area contributed by atoms with Gasteiger partial charge in [0.2, 0.25) is 0 Å². The lowest BCUT2D eigenvalue weighted by Gasteiger charge is -2.37. The Morgan fingerprint density at radius 1 is 1.33 bits per heavy atom. The van der Waals surface area contributed by atoms with Gasteiger partial charge in [0.15, 0.2) is 0 Å². The van der Waals surface area contributed by atoms with Crippen molar-refractivity contribution in [3.05, 3.63) is 17.5 Å². The van der Waals surface area contributed by atoms with Crippen molar-refractivity contribution < 1.29 is 13.6 Å². The molecule has 3 atom stereocenters. The molecule has 1 aliphatic rings. The minimum absolute atomic E-state index is 0.00617. The molecule has 1 aromatic rings. The van der Waals surface area contributed by atoms with E-state index in [9.17, 15) is 13.6 Å². The minimum Gasteiger partial charge on any atom is -0.349 e. The maximum atomic E-state index is 13.1. The molecule has 24 heavy (non-hydrogen) atoms. The maximum Gasteiger partial charge on any atom is 0.282 e. The fourth-order valence-corrected chi connectivity index (χ4v) is 4.03. The van der Waals surface area contributed by atoms with Gasteiger partial charge in [-0.3, -0.25) is 9.48 Å². The first-order valence-electron chi connectivity index (χ1n) is 8.92. The van der Waals surface area contributed by atoms with Gasteiger partial charge in [-0.25, -0.2) is 8.78 Å². The summed E-state index contributed by atoms with van der Waals surface area (Å²) in [6, 6.07) is 0.0609. The highest BCUT2D eigenvalue weighted by atomic mass is 19.3. The lowest BCUT2D eigenvalue weighted by Crippen LogP contribution is -2.44. The molecule has 1 aliphatic carbocycles. The fourth-order valence-electron chi connectivity index (χ4n) is 4.03. The molecule has 1 heterocycles. The van der Waals surface area contributed by atoms with Crippen LogP contribution in [0.1, 0.15) is 75.4 Å². The van der Waals surface area contributed by atoms with Crippen molar-refractivity contribution in [3.63, 3.8) is 0 Å². The topological polar surface area (TPSA) is 46.9 Å². The standard InChI is InChI=1S/C18H29F2N3O/c1-11(2)9-12(3)13-7-5-6-8-15(13)21-18(24)14-10-23(4)22-16(14)17(19)20/h10-13,15,17H,5-9H2,1-4H3,(H,21,24). The normalized spacial score (nSPS) is 22.8. The van der Waals surface area contributed by atoms with E-state index in [1.54, 1.807) is 7.05 Å². The minimum atomic E-state index is -2.74. The van der Waals surface area contributed by atoms with Crippen LogP contribution in [-0.2, 0) is 7.05 Å². The molecule has 0 aliphatic heterocycles. The lowest BCUT2D eigenvalue weighted by molar-refractivity contribution is 0.0864. The summed E-state index contributed by atoms with van der Waals surface area (Å²) in [5.41, 5.74) is -0.439. The van der Waals surface area contributed by atoms with Gasteiger partial charge in [0.05, 0.1) is 5.56 Å². The predicted molar refractivity (Wildman–Crippen MR) is 90.0 cm³/mol. The predicted octanol–water partition coefficient (Wildman–Crippen LogP) is 4.33. The van der Waals surface area contributed by atoms with Gasteiger partial charge in [-0.1, -0.05) is 33.6 Å². The molecule has 0 radical (unpaired) electrons. The van der Waals surface area contributed by atoms with Crippen molar-refractivity contribution in [1.82, 2.24) is 15.1 Å². The second-order valence-electron chi connectivity index (χ2n) is 7.54. The average molecular weight is 341 g/mol. The van der Waals surface area contributed by atoms with Gasteiger partial charge < -0.3 is 5.32 Å². The zero-order valence-electron chi connectivity index (χ0n) is 15.1. The third kappa shape index (κ3) is 4.54. The third-order valence-electron chi connectivity index (χ3n) is 5.02. The molecule has 0 aromatic carbocycles. The van der Waals surface area contributed by atoms with E-state index in [0.717, 1.165) is 25.7 Å². The fraction of sp³-hybridized carbons (Fsp3) is 0.778. The van der Waals surface area contributed by atoms with E-state index in [-0.39, 0.29) is 11.6 Å². The maximum absolute atomic E-state index is 13.1. The number of amides is 1. The number of carbonyl (C=O) groups excluding carboxylic acids is 1. The average Bonchev–Trinajstić information content (AvgIpc) is 2.89. The second kappa shape index (κ2) is 8.08. The first-order valence-corrected chi connectivity index (χ1v) is 8.92. The number of alkyl halides is 2. The Balaban J connectivity index is 2.11. The number of hydrogen-bond acceptors (Lipinski definition) is 2. The second-order valence-corrected chi connectivity index (χ2v) is 7.54. The summed E-state index contributed by atoms with van der Waals surface area (Å²) >= 11 is 0. The number of hydrogen-bond donors (Lipinski definition) is 1. The quantitative estimate of drug-likeness (QED) is 0.837. The van der Waals surface area contributed by atoms with Gasteiger partial charge in [-0.05, 0) is 37.0 Å². The monoisotopic (exact) mass is 341 g/mol. The Morgan fingerprint density at radius 3 is 2.62 bits per heavy atom. The lowest BCUT2D eigenvalue weighted by atomic mass is 9.74. The summed E-state index contributed by atoms with van der Waals surface area (Å²) in [6.07, 6.45) is 4.02. The van der Waals surface area contributed by atoms with E-state index in [1.165, 1.54) is 17.3 Å². The summed E-state index contributed by atoms with van der Waals surface area (Å²) in [5.74, 6) is 1.12. The molecule has 6 heteroatoms. The van der Waals surface area contributed by atoms with Crippen LogP contribution in [0.5, 0.6) is 0 Å². The zero-order chi connectivity index (χ0) is 17.9. The van der Waals surface area contributed by atoms with Gasteiger partial charge in [-0.15, -0.1) is 0 Å². The van der Waals surface area contributed by atoms with Crippen LogP contribution in [0.2, 0.25) is 0 Å². The van der Waals surface area contributed by atoms with Crippen LogP contribution in [0.15, 0.2) is 6.20 Å². The molecule has 3 unspecified atom stereocenters. The Hall–Kier alpha value is -1.46. The molecule has 2 rings (SSSR count). The van der Waals surface area contributed by atoms with Crippen LogP contribution in [0.4, 0.5) is 8.78 Å². The third-order valence-corrected chi connectivity index (χ3v) is 5.02. The van der Waals surface area contributed by atoms with E-state index < -0.39 is 18.0 Å². The number of nitrogens with one attached hydrogen (secondary N) is 1. The van der Waals surface area contributed by atoms with Crippen LogP contribution in [0.25, 0.3) is 0 Å². The van der Waals surface area contributed by atoms with Crippen molar-refractivity contribution in [1.29, 1.82) is 0 Å².